The molecule has 0 spiro atoms. The number of aromatic nitrogens is 3. The van der Waals surface area contributed by atoms with Gasteiger partial charge in [0, 0.05) is 12.0 Å². The molecule has 1 aliphatic rings. The van der Waals surface area contributed by atoms with E-state index >= 15 is 0 Å². The molecule has 2 heterocycles. The molecule has 19 heavy (non-hydrogen) atoms. The van der Waals surface area contributed by atoms with E-state index in [1.807, 2.05) is 18.2 Å². The van der Waals surface area contributed by atoms with Crippen molar-refractivity contribution in [3.05, 3.63) is 41.5 Å². The molecular weight excluding hydrogens is 244 g/mol. The van der Waals surface area contributed by atoms with Crippen molar-refractivity contribution in [1.29, 1.82) is 5.26 Å². The summed E-state index contributed by atoms with van der Waals surface area (Å²) in [7, 11) is 0. The van der Waals surface area contributed by atoms with Crippen LogP contribution in [0.5, 0.6) is 5.75 Å². The second-order valence-electron chi connectivity index (χ2n) is 4.22. The molecule has 0 N–H and O–H groups in total. The third-order valence-electron chi connectivity index (χ3n) is 2.95. The van der Waals surface area contributed by atoms with Crippen LogP contribution >= 0.6 is 0 Å². The van der Waals surface area contributed by atoms with Crippen LogP contribution in [0, 0.1) is 11.3 Å². The lowest BCUT2D eigenvalue weighted by atomic mass is 10.1. The number of fused-ring (bicyclic) bond motifs is 1. The Balaban J connectivity index is 1.79. The van der Waals surface area contributed by atoms with E-state index in [2.05, 4.69) is 10.1 Å². The molecule has 0 bridgehead atoms. The van der Waals surface area contributed by atoms with Crippen LogP contribution in [-0.2, 0) is 13.0 Å². The smallest absolute Gasteiger partial charge is 0.252 e. The van der Waals surface area contributed by atoms with Crippen molar-refractivity contribution in [3.8, 4) is 11.8 Å². The van der Waals surface area contributed by atoms with Crippen LogP contribution in [0.1, 0.15) is 21.7 Å². The van der Waals surface area contributed by atoms with Crippen LogP contribution in [0.4, 0.5) is 0 Å². The first-order chi connectivity index (χ1) is 9.26. The standard InChI is InChI=1S/C13H10N4O2/c14-6-13-15-8-17(16-13)7-11(18)9-1-2-12-10(5-9)3-4-19-12/h1-2,5,8H,3-4,7H2. The number of ketones is 1. The van der Waals surface area contributed by atoms with Gasteiger partial charge in [0.15, 0.2) is 5.78 Å². The Kier molecular flexibility index (Phi) is 2.72. The average Bonchev–Trinajstić information content (AvgIpc) is 3.05. The summed E-state index contributed by atoms with van der Waals surface area (Å²) in [5.74, 6) is 0.850. The van der Waals surface area contributed by atoms with E-state index in [4.69, 9.17) is 10.00 Å². The second-order valence-corrected chi connectivity index (χ2v) is 4.22. The van der Waals surface area contributed by atoms with Crippen molar-refractivity contribution in [3.63, 3.8) is 0 Å². The molecule has 1 aromatic heterocycles. The molecule has 0 fully saturated rings. The fourth-order valence-corrected chi connectivity index (χ4v) is 2.02. The second kappa shape index (κ2) is 4.53. The molecule has 6 nitrogen and oxygen atoms in total. The van der Waals surface area contributed by atoms with E-state index in [0.717, 1.165) is 17.7 Å². The number of nitriles is 1. The largest absolute Gasteiger partial charge is 0.493 e. The Hall–Kier alpha value is -2.68. The summed E-state index contributed by atoms with van der Waals surface area (Å²) in [6.45, 7) is 0.746. The number of Topliss-reactive ketones (excluding diaryl/α,β-unsaturated/α-hetero) is 1. The molecule has 2 aromatic rings. The molecule has 1 aliphatic heterocycles. The summed E-state index contributed by atoms with van der Waals surface area (Å²) in [4.78, 5) is 15.9. The topological polar surface area (TPSA) is 80.8 Å². The normalized spacial score (nSPS) is 12.6. The predicted molar refractivity (Wildman–Crippen MR) is 64.7 cm³/mol. The molecule has 0 aliphatic carbocycles. The molecule has 0 unspecified atom stereocenters. The molecule has 94 valence electrons. The zero-order valence-electron chi connectivity index (χ0n) is 10.0. The van der Waals surface area contributed by atoms with Crippen molar-refractivity contribution in [2.45, 2.75) is 13.0 Å². The number of carbonyl (C=O) groups is 1. The minimum Gasteiger partial charge on any atom is -0.493 e. The maximum Gasteiger partial charge on any atom is 0.252 e. The maximum atomic E-state index is 12.1. The number of hydrogen-bond donors (Lipinski definition) is 0. The van der Waals surface area contributed by atoms with Gasteiger partial charge in [-0.3, -0.25) is 4.79 Å². The first-order valence-corrected chi connectivity index (χ1v) is 5.85. The van der Waals surface area contributed by atoms with Crippen LogP contribution in [0.15, 0.2) is 24.5 Å². The van der Waals surface area contributed by atoms with Gasteiger partial charge in [0.1, 0.15) is 24.7 Å². The van der Waals surface area contributed by atoms with Crippen LogP contribution in [-0.4, -0.2) is 27.2 Å². The third kappa shape index (κ3) is 2.18. The Morgan fingerprint density at radius 3 is 3.21 bits per heavy atom. The zero-order chi connectivity index (χ0) is 13.2. The molecule has 0 saturated heterocycles. The van der Waals surface area contributed by atoms with Crippen LogP contribution in [0.3, 0.4) is 0 Å². The summed E-state index contributed by atoms with van der Waals surface area (Å²) in [6.07, 6.45) is 2.21. The predicted octanol–water partition coefficient (Wildman–Crippen LogP) is 0.968. The minimum atomic E-state index is -0.0657. The van der Waals surface area contributed by atoms with Gasteiger partial charge in [-0.05, 0) is 23.8 Å². The Morgan fingerprint density at radius 1 is 1.53 bits per heavy atom. The van der Waals surface area contributed by atoms with Crippen LogP contribution in [0.25, 0.3) is 0 Å². The fourth-order valence-electron chi connectivity index (χ4n) is 2.02. The molecule has 0 radical (unpaired) electrons. The minimum absolute atomic E-state index is 0.0650. The maximum absolute atomic E-state index is 12.1. The van der Waals surface area contributed by atoms with Crippen LogP contribution in [0.2, 0.25) is 0 Å². The van der Waals surface area contributed by atoms with Gasteiger partial charge in [-0.15, -0.1) is 5.10 Å². The lowest BCUT2D eigenvalue weighted by molar-refractivity contribution is 0.0967. The molecule has 6 heteroatoms. The quantitative estimate of drug-likeness (QED) is 0.762. The first-order valence-electron chi connectivity index (χ1n) is 5.85. The molecular formula is C13H10N4O2. The van der Waals surface area contributed by atoms with E-state index in [9.17, 15) is 4.79 Å². The van der Waals surface area contributed by atoms with Gasteiger partial charge in [0.2, 0.25) is 0 Å². The number of carbonyl (C=O) groups excluding carboxylic acids is 1. The summed E-state index contributed by atoms with van der Waals surface area (Å²) in [5.41, 5.74) is 1.68. The highest BCUT2D eigenvalue weighted by Crippen LogP contribution is 2.26. The number of nitrogens with zero attached hydrogens (tertiary/aromatic N) is 4. The van der Waals surface area contributed by atoms with E-state index < -0.39 is 0 Å². The highest BCUT2D eigenvalue weighted by atomic mass is 16.5. The van der Waals surface area contributed by atoms with Gasteiger partial charge in [-0.25, -0.2) is 9.67 Å². The number of hydrogen-bond acceptors (Lipinski definition) is 5. The molecule has 1 aromatic carbocycles. The Bertz CT molecular complexity index is 684. The zero-order valence-corrected chi connectivity index (χ0v) is 10.0. The average molecular weight is 254 g/mol. The van der Waals surface area contributed by atoms with E-state index in [1.54, 1.807) is 6.07 Å². The highest BCUT2D eigenvalue weighted by molar-refractivity contribution is 5.96. The fraction of sp³-hybridized carbons (Fsp3) is 0.231. The van der Waals surface area contributed by atoms with Crippen molar-refractivity contribution < 1.29 is 9.53 Å². The van der Waals surface area contributed by atoms with E-state index in [-0.39, 0.29) is 18.2 Å². The third-order valence-corrected chi connectivity index (χ3v) is 2.95. The van der Waals surface area contributed by atoms with E-state index in [1.165, 1.54) is 11.0 Å². The van der Waals surface area contributed by atoms with Gasteiger partial charge < -0.3 is 4.74 Å². The van der Waals surface area contributed by atoms with Crippen molar-refractivity contribution in [2.75, 3.05) is 6.61 Å². The van der Waals surface area contributed by atoms with Gasteiger partial charge in [0.05, 0.1) is 6.61 Å². The monoisotopic (exact) mass is 254 g/mol. The van der Waals surface area contributed by atoms with Gasteiger partial charge in [-0.2, -0.15) is 5.26 Å². The molecule has 3 rings (SSSR count). The SMILES string of the molecule is N#Cc1ncn(CC(=O)c2ccc3c(c2)CCO3)n1. The molecule has 0 amide bonds. The first kappa shape index (κ1) is 11.4. The summed E-state index contributed by atoms with van der Waals surface area (Å²) in [6, 6.07) is 7.24. The molecule has 0 saturated carbocycles. The van der Waals surface area contributed by atoms with Gasteiger partial charge >= 0.3 is 0 Å². The van der Waals surface area contributed by atoms with E-state index in [0.29, 0.717) is 12.2 Å². The number of benzene rings is 1. The molecule has 0 atom stereocenters. The van der Waals surface area contributed by atoms with Gasteiger partial charge in [-0.1, -0.05) is 0 Å². The lowest BCUT2D eigenvalue weighted by Crippen LogP contribution is -2.11. The van der Waals surface area contributed by atoms with Crippen molar-refractivity contribution in [1.82, 2.24) is 14.8 Å². The number of rotatable bonds is 3. The number of ether oxygens (including phenoxy) is 1. The van der Waals surface area contributed by atoms with Crippen molar-refractivity contribution in [2.24, 2.45) is 0 Å². The van der Waals surface area contributed by atoms with Crippen LogP contribution < -0.4 is 4.74 Å². The highest BCUT2D eigenvalue weighted by Gasteiger charge is 2.15. The summed E-state index contributed by atoms with van der Waals surface area (Å²) in [5, 5.41) is 12.5. The van der Waals surface area contributed by atoms with Crippen molar-refractivity contribution >= 4 is 5.78 Å². The lowest BCUT2D eigenvalue weighted by Gasteiger charge is -2.03. The Morgan fingerprint density at radius 2 is 2.42 bits per heavy atom. The van der Waals surface area contributed by atoms with Gasteiger partial charge in [0.25, 0.3) is 5.82 Å². The summed E-state index contributed by atoms with van der Waals surface area (Å²) < 4.78 is 6.76. The summed E-state index contributed by atoms with van der Waals surface area (Å²) >= 11 is 0. The Labute approximate surface area is 109 Å².